The Hall–Kier alpha value is -2.89. The zero-order valence-corrected chi connectivity index (χ0v) is 15.5. The summed E-state index contributed by atoms with van der Waals surface area (Å²) in [5, 5.41) is 3.32. The van der Waals surface area contributed by atoms with Crippen LogP contribution in [0.4, 0.5) is 5.69 Å². The van der Waals surface area contributed by atoms with Crippen LogP contribution in [0.3, 0.4) is 0 Å². The minimum atomic E-state index is -0.639. The van der Waals surface area contributed by atoms with Gasteiger partial charge in [-0.2, -0.15) is 0 Å². The molecule has 6 nitrogen and oxygen atoms in total. The first kappa shape index (κ1) is 17.9. The number of hydrogen-bond donors (Lipinski definition) is 1. The Kier molecular flexibility index (Phi) is 4.93. The Morgan fingerprint density at radius 2 is 1.92 bits per heavy atom. The van der Waals surface area contributed by atoms with Crippen molar-refractivity contribution < 1.29 is 9.21 Å². The highest BCUT2D eigenvalue weighted by Gasteiger charge is 2.23. The molecule has 0 fully saturated rings. The predicted molar refractivity (Wildman–Crippen MR) is 102 cm³/mol. The Labute approximate surface area is 151 Å². The van der Waals surface area contributed by atoms with E-state index in [1.807, 2.05) is 38.1 Å². The summed E-state index contributed by atoms with van der Waals surface area (Å²) in [6.07, 6.45) is 2.80. The van der Waals surface area contributed by atoms with Gasteiger partial charge in [0.05, 0.1) is 0 Å². The average molecular weight is 353 g/mol. The highest BCUT2D eigenvalue weighted by atomic mass is 16.3. The van der Waals surface area contributed by atoms with E-state index in [2.05, 4.69) is 17.2 Å². The molecule has 1 atom stereocenters. The van der Waals surface area contributed by atoms with Crippen LogP contribution in [0.1, 0.15) is 43.2 Å². The fraction of sp³-hybridized carbons (Fsp3) is 0.350. The molecule has 0 unspecified atom stereocenters. The molecule has 0 aliphatic rings. The van der Waals surface area contributed by atoms with Crippen molar-refractivity contribution in [2.75, 3.05) is 5.32 Å². The fourth-order valence-corrected chi connectivity index (χ4v) is 3.03. The van der Waals surface area contributed by atoms with Gasteiger partial charge in [-0.15, -0.1) is 0 Å². The average Bonchev–Trinajstić information content (AvgIpc) is 2.93. The molecule has 2 aromatic heterocycles. The zero-order valence-electron chi connectivity index (χ0n) is 15.5. The monoisotopic (exact) mass is 353 g/mol. The molecule has 1 amide bonds. The molecule has 0 spiro atoms. The highest BCUT2D eigenvalue weighted by molar-refractivity contribution is 5.94. The summed E-state index contributed by atoms with van der Waals surface area (Å²) < 4.78 is 6.89. The molecule has 0 saturated carbocycles. The standard InChI is InChI=1S/C20H23N3O3/c1-5-14-7-9-15(10-8-14)22-18(24)16(6-2)23-11-21-19-17(20(23)25)12(3)13(4)26-19/h7-11,16H,5-6H2,1-4H3,(H,22,24)/t16-/m0/s1. The van der Waals surface area contributed by atoms with Gasteiger partial charge in [-0.25, -0.2) is 4.98 Å². The van der Waals surface area contributed by atoms with E-state index in [4.69, 9.17) is 4.42 Å². The molecule has 0 bridgehead atoms. The normalized spacial score (nSPS) is 12.3. The lowest BCUT2D eigenvalue weighted by Crippen LogP contribution is -2.33. The lowest BCUT2D eigenvalue weighted by atomic mass is 10.1. The van der Waals surface area contributed by atoms with E-state index >= 15 is 0 Å². The third-order valence-corrected chi connectivity index (χ3v) is 4.77. The number of benzene rings is 1. The zero-order chi connectivity index (χ0) is 18.8. The molecule has 0 saturated heterocycles. The summed E-state index contributed by atoms with van der Waals surface area (Å²) in [5.41, 5.74) is 2.73. The van der Waals surface area contributed by atoms with E-state index in [0.29, 0.717) is 29.0 Å². The van der Waals surface area contributed by atoms with Crippen molar-refractivity contribution in [1.29, 1.82) is 0 Å². The SMILES string of the molecule is CCc1ccc(NC(=O)[C@H](CC)n2cnc3oc(C)c(C)c3c2=O)cc1. The van der Waals surface area contributed by atoms with Gasteiger partial charge in [0.2, 0.25) is 11.6 Å². The van der Waals surface area contributed by atoms with Crippen LogP contribution in [0.2, 0.25) is 0 Å². The predicted octanol–water partition coefficient (Wildman–Crippen LogP) is 3.76. The number of carbonyl (C=O) groups is 1. The molecule has 0 radical (unpaired) electrons. The van der Waals surface area contributed by atoms with Crippen LogP contribution in [-0.2, 0) is 11.2 Å². The second-order valence-corrected chi connectivity index (χ2v) is 6.38. The molecule has 1 aromatic carbocycles. The molecular formula is C20H23N3O3. The number of rotatable bonds is 5. The molecule has 0 aliphatic heterocycles. The topological polar surface area (TPSA) is 77.1 Å². The van der Waals surface area contributed by atoms with Gasteiger partial charge < -0.3 is 9.73 Å². The molecule has 26 heavy (non-hydrogen) atoms. The van der Waals surface area contributed by atoms with Crippen molar-refractivity contribution in [3.63, 3.8) is 0 Å². The molecule has 136 valence electrons. The fourth-order valence-electron chi connectivity index (χ4n) is 3.03. The first-order valence-electron chi connectivity index (χ1n) is 8.82. The summed E-state index contributed by atoms with van der Waals surface area (Å²) in [7, 11) is 0. The largest absolute Gasteiger partial charge is 0.443 e. The summed E-state index contributed by atoms with van der Waals surface area (Å²) in [4.78, 5) is 29.9. The van der Waals surface area contributed by atoms with Gasteiger partial charge >= 0.3 is 0 Å². The van der Waals surface area contributed by atoms with E-state index in [0.717, 1.165) is 12.0 Å². The lowest BCUT2D eigenvalue weighted by molar-refractivity contribution is -0.119. The van der Waals surface area contributed by atoms with Crippen LogP contribution in [0.25, 0.3) is 11.1 Å². The first-order valence-corrected chi connectivity index (χ1v) is 8.82. The number of amides is 1. The Balaban J connectivity index is 1.93. The van der Waals surface area contributed by atoms with Crippen LogP contribution in [-0.4, -0.2) is 15.5 Å². The summed E-state index contributed by atoms with van der Waals surface area (Å²) in [6.45, 7) is 7.57. The van der Waals surface area contributed by atoms with E-state index in [-0.39, 0.29) is 11.5 Å². The molecule has 3 rings (SSSR count). The molecule has 1 N–H and O–H groups in total. The number of nitrogens with one attached hydrogen (secondary N) is 1. The second kappa shape index (κ2) is 7.15. The van der Waals surface area contributed by atoms with Crippen LogP contribution < -0.4 is 10.9 Å². The summed E-state index contributed by atoms with van der Waals surface area (Å²) >= 11 is 0. The lowest BCUT2D eigenvalue weighted by Gasteiger charge is -2.17. The van der Waals surface area contributed by atoms with Crippen molar-refractivity contribution >= 4 is 22.7 Å². The summed E-state index contributed by atoms with van der Waals surface area (Å²) in [6, 6.07) is 7.07. The van der Waals surface area contributed by atoms with Crippen molar-refractivity contribution in [1.82, 2.24) is 9.55 Å². The van der Waals surface area contributed by atoms with E-state index < -0.39 is 6.04 Å². The number of furan rings is 1. The van der Waals surface area contributed by atoms with Crippen molar-refractivity contribution in [3.05, 3.63) is 57.8 Å². The maximum atomic E-state index is 12.9. The third kappa shape index (κ3) is 3.14. The van der Waals surface area contributed by atoms with Crippen molar-refractivity contribution in [2.45, 2.75) is 46.6 Å². The Morgan fingerprint density at radius 1 is 1.23 bits per heavy atom. The van der Waals surface area contributed by atoms with Crippen molar-refractivity contribution in [3.8, 4) is 0 Å². The first-order chi connectivity index (χ1) is 12.5. The number of fused-ring (bicyclic) bond motifs is 1. The quantitative estimate of drug-likeness (QED) is 0.758. The van der Waals surface area contributed by atoms with E-state index in [9.17, 15) is 9.59 Å². The van der Waals surface area contributed by atoms with Crippen LogP contribution in [0, 0.1) is 13.8 Å². The number of anilines is 1. The molecule has 0 aliphatic carbocycles. The minimum Gasteiger partial charge on any atom is -0.443 e. The minimum absolute atomic E-state index is 0.238. The maximum absolute atomic E-state index is 12.9. The van der Waals surface area contributed by atoms with Gasteiger partial charge in [0.15, 0.2) is 0 Å². The van der Waals surface area contributed by atoms with Gasteiger partial charge in [-0.05, 0) is 44.4 Å². The smallest absolute Gasteiger partial charge is 0.265 e. The maximum Gasteiger partial charge on any atom is 0.265 e. The summed E-state index contributed by atoms with van der Waals surface area (Å²) in [5.74, 6) is 0.425. The molecular weight excluding hydrogens is 330 g/mol. The number of aromatic nitrogens is 2. The number of carbonyl (C=O) groups excluding carboxylic acids is 1. The highest BCUT2D eigenvalue weighted by Crippen LogP contribution is 2.21. The van der Waals surface area contributed by atoms with Gasteiger partial charge in [0.25, 0.3) is 5.56 Å². The van der Waals surface area contributed by atoms with E-state index in [1.54, 1.807) is 6.92 Å². The van der Waals surface area contributed by atoms with Gasteiger partial charge in [0, 0.05) is 11.3 Å². The molecule has 2 heterocycles. The third-order valence-electron chi connectivity index (χ3n) is 4.77. The van der Waals surface area contributed by atoms with Crippen LogP contribution >= 0.6 is 0 Å². The second-order valence-electron chi connectivity index (χ2n) is 6.38. The van der Waals surface area contributed by atoms with Gasteiger partial charge in [-0.3, -0.25) is 14.2 Å². The number of nitrogens with zero attached hydrogens (tertiary/aromatic N) is 2. The Morgan fingerprint density at radius 3 is 2.54 bits per heavy atom. The van der Waals surface area contributed by atoms with Crippen molar-refractivity contribution in [2.24, 2.45) is 0 Å². The number of aryl methyl sites for hydroxylation is 3. The number of hydrogen-bond acceptors (Lipinski definition) is 4. The molecule has 3 aromatic rings. The van der Waals surface area contributed by atoms with Gasteiger partial charge in [0.1, 0.15) is 23.5 Å². The van der Waals surface area contributed by atoms with E-state index in [1.165, 1.54) is 16.5 Å². The van der Waals surface area contributed by atoms with Crippen LogP contribution in [0.15, 0.2) is 39.8 Å². The van der Waals surface area contributed by atoms with Crippen LogP contribution in [0.5, 0.6) is 0 Å². The van der Waals surface area contributed by atoms with Gasteiger partial charge in [-0.1, -0.05) is 26.0 Å². The Bertz CT molecular complexity index is 1000. The molecule has 6 heteroatoms.